The summed E-state index contributed by atoms with van der Waals surface area (Å²) in [5.41, 5.74) is 7.76. The predicted octanol–water partition coefficient (Wildman–Crippen LogP) is 4.35. The second-order valence-corrected chi connectivity index (χ2v) is 5.53. The van der Waals surface area contributed by atoms with Gasteiger partial charge in [-0.25, -0.2) is 0 Å². The average Bonchev–Trinajstić information content (AvgIpc) is 2.46. The Balaban J connectivity index is 2.10. The summed E-state index contributed by atoms with van der Waals surface area (Å²) in [6, 6.07) is 10.5. The Morgan fingerprint density at radius 1 is 1.10 bits per heavy atom. The molecule has 0 aromatic heterocycles. The summed E-state index contributed by atoms with van der Waals surface area (Å²) < 4.78 is 0. The SMILES string of the molecule is NC(=NO)c1ccc(CNc2c(Cl)cc(Cl)cc2Cl)cc1. The lowest BCUT2D eigenvalue weighted by molar-refractivity contribution is 0.318. The van der Waals surface area contributed by atoms with E-state index in [0.29, 0.717) is 32.9 Å². The molecule has 0 heterocycles. The first-order valence-corrected chi connectivity index (χ1v) is 7.10. The highest BCUT2D eigenvalue weighted by Crippen LogP contribution is 2.33. The van der Waals surface area contributed by atoms with E-state index in [9.17, 15) is 0 Å². The Bertz CT molecular complexity index is 649. The van der Waals surface area contributed by atoms with Gasteiger partial charge in [-0.15, -0.1) is 0 Å². The summed E-state index contributed by atoms with van der Waals surface area (Å²) in [7, 11) is 0. The van der Waals surface area contributed by atoms with Crippen molar-refractivity contribution in [2.45, 2.75) is 6.54 Å². The van der Waals surface area contributed by atoms with Crippen LogP contribution >= 0.6 is 34.8 Å². The van der Waals surface area contributed by atoms with Crippen molar-refractivity contribution in [3.8, 4) is 0 Å². The highest BCUT2D eigenvalue weighted by molar-refractivity contribution is 6.41. The molecule has 7 heteroatoms. The molecule has 21 heavy (non-hydrogen) atoms. The van der Waals surface area contributed by atoms with Crippen molar-refractivity contribution in [3.05, 3.63) is 62.6 Å². The summed E-state index contributed by atoms with van der Waals surface area (Å²) in [5, 5.41) is 16.1. The number of nitrogens with two attached hydrogens (primary N) is 1. The van der Waals surface area contributed by atoms with E-state index in [2.05, 4.69) is 10.5 Å². The molecule has 0 radical (unpaired) electrons. The number of benzene rings is 2. The number of oxime groups is 1. The molecule has 0 aliphatic heterocycles. The molecule has 2 aromatic carbocycles. The van der Waals surface area contributed by atoms with E-state index in [0.717, 1.165) is 5.56 Å². The highest BCUT2D eigenvalue weighted by atomic mass is 35.5. The zero-order chi connectivity index (χ0) is 15.4. The molecule has 2 aromatic rings. The van der Waals surface area contributed by atoms with Gasteiger partial charge in [-0.2, -0.15) is 0 Å². The van der Waals surface area contributed by atoms with Gasteiger partial charge in [0.1, 0.15) is 0 Å². The fourth-order valence-corrected chi connectivity index (χ4v) is 2.70. The van der Waals surface area contributed by atoms with Crippen LogP contribution in [-0.2, 0) is 6.54 Å². The number of halogens is 3. The van der Waals surface area contributed by atoms with Gasteiger partial charge in [0.15, 0.2) is 5.84 Å². The second kappa shape index (κ2) is 6.89. The first-order chi connectivity index (χ1) is 10.0. The van der Waals surface area contributed by atoms with Gasteiger partial charge in [0.05, 0.1) is 15.7 Å². The lowest BCUT2D eigenvalue weighted by atomic mass is 10.1. The van der Waals surface area contributed by atoms with Crippen molar-refractivity contribution in [1.82, 2.24) is 0 Å². The van der Waals surface area contributed by atoms with Crippen LogP contribution in [0.3, 0.4) is 0 Å². The molecule has 0 spiro atoms. The summed E-state index contributed by atoms with van der Waals surface area (Å²) in [6.45, 7) is 0.525. The third kappa shape index (κ3) is 3.94. The minimum atomic E-state index is 0.0679. The summed E-state index contributed by atoms with van der Waals surface area (Å²) in [5.74, 6) is 0.0679. The Kier molecular flexibility index (Phi) is 5.17. The molecule has 4 N–H and O–H groups in total. The lowest BCUT2D eigenvalue weighted by Gasteiger charge is -2.11. The maximum Gasteiger partial charge on any atom is 0.170 e. The van der Waals surface area contributed by atoms with Crippen LogP contribution in [0.2, 0.25) is 15.1 Å². The first-order valence-electron chi connectivity index (χ1n) is 5.96. The first kappa shape index (κ1) is 15.8. The van der Waals surface area contributed by atoms with Crippen LogP contribution in [0.4, 0.5) is 5.69 Å². The average molecular weight is 345 g/mol. The van der Waals surface area contributed by atoms with Gasteiger partial charge in [0, 0.05) is 17.1 Å². The molecule has 0 aliphatic carbocycles. The predicted molar refractivity (Wildman–Crippen MR) is 87.8 cm³/mol. The van der Waals surface area contributed by atoms with E-state index >= 15 is 0 Å². The van der Waals surface area contributed by atoms with Crippen molar-refractivity contribution in [3.63, 3.8) is 0 Å². The molecule has 0 amide bonds. The van der Waals surface area contributed by atoms with Crippen molar-refractivity contribution in [2.75, 3.05) is 5.32 Å². The van der Waals surface area contributed by atoms with E-state index in [4.69, 9.17) is 45.7 Å². The van der Waals surface area contributed by atoms with Crippen molar-refractivity contribution < 1.29 is 5.21 Å². The molecule has 2 rings (SSSR count). The van der Waals surface area contributed by atoms with Crippen LogP contribution < -0.4 is 11.1 Å². The quantitative estimate of drug-likeness (QED) is 0.334. The Morgan fingerprint density at radius 3 is 2.19 bits per heavy atom. The van der Waals surface area contributed by atoms with Gasteiger partial charge in [-0.05, 0) is 17.7 Å². The maximum atomic E-state index is 8.60. The van der Waals surface area contributed by atoms with Crippen LogP contribution in [-0.4, -0.2) is 11.0 Å². The van der Waals surface area contributed by atoms with E-state index in [1.54, 1.807) is 24.3 Å². The smallest absolute Gasteiger partial charge is 0.170 e. The molecule has 4 nitrogen and oxygen atoms in total. The Labute approximate surface area is 137 Å². The summed E-state index contributed by atoms with van der Waals surface area (Å²) >= 11 is 18.1. The molecule has 0 atom stereocenters. The highest BCUT2D eigenvalue weighted by Gasteiger charge is 2.07. The third-order valence-electron chi connectivity index (χ3n) is 2.83. The number of nitrogens with one attached hydrogen (secondary N) is 1. The minimum absolute atomic E-state index is 0.0679. The molecule has 0 saturated carbocycles. The molecular weight excluding hydrogens is 333 g/mol. The maximum absolute atomic E-state index is 8.60. The van der Waals surface area contributed by atoms with Crippen molar-refractivity contribution in [2.24, 2.45) is 10.9 Å². The van der Waals surface area contributed by atoms with Gasteiger partial charge in [0.25, 0.3) is 0 Å². The zero-order valence-corrected chi connectivity index (χ0v) is 13.0. The van der Waals surface area contributed by atoms with Crippen LogP contribution in [0.5, 0.6) is 0 Å². The van der Waals surface area contributed by atoms with Crippen LogP contribution in [0.15, 0.2) is 41.6 Å². The molecular formula is C14H12Cl3N3O. The fraction of sp³-hybridized carbons (Fsp3) is 0.0714. The molecule has 110 valence electrons. The molecule has 0 bridgehead atoms. The van der Waals surface area contributed by atoms with Gasteiger partial charge in [0.2, 0.25) is 0 Å². The van der Waals surface area contributed by atoms with Crippen LogP contribution in [0.25, 0.3) is 0 Å². The number of hydrogen-bond acceptors (Lipinski definition) is 3. The zero-order valence-electron chi connectivity index (χ0n) is 10.8. The van der Waals surface area contributed by atoms with Gasteiger partial charge in [-0.1, -0.05) is 64.2 Å². The fourth-order valence-electron chi connectivity index (χ4n) is 1.75. The molecule has 0 aliphatic rings. The number of hydrogen-bond donors (Lipinski definition) is 3. The van der Waals surface area contributed by atoms with Crippen LogP contribution in [0, 0.1) is 0 Å². The minimum Gasteiger partial charge on any atom is -0.409 e. The van der Waals surface area contributed by atoms with E-state index in [1.165, 1.54) is 0 Å². The van der Waals surface area contributed by atoms with Crippen LogP contribution in [0.1, 0.15) is 11.1 Å². The van der Waals surface area contributed by atoms with Gasteiger partial charge in [-0.3, -0.25) is 0 Å². The largest absolute Gasteiger partial charge is 0.409 e. The number of rotatable bonds is 4. The monoisotopic (exact) mass is 343 g/mol. The van der Waals surface area contributed by atoms with E-state index in [-0.39, 0.29) is 5.84 Å². The summed E-state index contributed by atoms with van der Waals surface area (Å²) in [4.78, 5) is 0. The standard InChI is InChI=1S/C14H12Cl3N3O/c15-10-5-11(16)13(12(17)6-10)19-7-8-1-3-9(4-2-8)14(18)20-21/h1-6,19,21H,7H2,(H2,18,20). The van der Waals surface area contributed by atoms with Crippen molar-refractivity contribution in [1.29, 1.82) is 0 Å². The summed E-state index contributed by atoms with van der Waals surface area (Å²) in [6.07, 6.45) is 0. The number of nitrogens with zero attached hydrogens (tertiary/aromatic N) is 1. The third-order valence-corrected chi connectivity index (χ3v) is 3.65. The van der Waals surface area contributed by atoms with Gasteiger partial charge < -0.3 is 16.3 Å². The Hall–Kier alpha value is -1.62. The van der Waals surface area contributed by atoms with E-state index < -0.39 is 0 Å². The molecule has 0 saturated heterocycles. The second-order valence-electron chi connectivity index (χ2n) is 4.28. The number of amidine groups is 1. The molecule has 0 fully saturated rings. The molecule has 0 unspecified atom stereocenters. The van der Waals surface area contributed by atoms with Gasteiger partial charge >= 0.3 is 0 Å². The Morgan fingerprint density at radius 2 is 1.67 bits per heavy atom. The lowest BCUT2D eigenvalue weighted by Crippen LogP contribution is -2.13. The van der Waals surface area contributed by atoms with Crippen molar-refractivity contribution >= 4 is 46.3 Å². The van der Waals surface area contributed by atoms with E-state index in [1.807, 2.05) is 12.1 Å². The number of anilines is 1. The normalized spacial score (nSPS) is 11.5. The topological polar surface area (TPSA) is 70.6 Å².